The lowest BCUT2D eigenvalue weighted by Gasteiger charge is -1.99. The van der Waals surface area contributed by atoms with Crippen LogP contribution in [0.15, 0.2) is 54.6 Å². The van der Waals surface area contributed by atoms with E-state index in [0.29, 0.717) is 10.2 Å². The maximum Gasteiger partial charge on any atom is 0.250 e. The molecule has 1 heterocycles. The fourth-order valence-corrected chi connectivity index (χ4v) is 2.89. The minimum Gasteiger partial charge on any atom is -0.497 e. The summed E-state index contributed by atoms with van der Waals surface area (Å²) in [7, 11) is 1.62. The second kappa shape index (κ2) is 7.92. The number of carbonyl (C=O) groups excluding carboxylic acids is 1. The molecule has 0 aliphatic heterocycles. The number of anilines is 1. The fourth-order valence-electron chi connectivity index (χ4n) is 2.02. The first-order chi connectivity index (χ1) is 12.1. The van der Waals surface area contributed by atoms with E-state index < -0.39 is 0 Å². The highest BCUT2D eigenvalue weighted by Gasteiger charge is 2.08. The van der Waals surface area contributed by atoms with Crippen molar-refractivity contribution in [2.75, 3.05) is 12.4 Å². The molecule has 3 aromatic rings. The summed E-state index contributed by atoms with van der Waals surface area (Å²) in [4.78, 5) is 12.0. The number of rotatable bonds is 5. The van der Waals surface area contributed by atoms with Crippen molar-refractivity contribution in [2.45, 2.75) is 0 Å². The number of nitrogens with zero attached hydrogens (tertiary/aromatic N) is 2. The quantitative estimate of drug-likeness (QED) is 0.670. The van der Waals surface area contributed by atoms with E-state index in [-0.39, 0.29) is 5.91 Å². The van der Waals surface area contributed by atoms with Crippen LogP contribution in [-0.2, 0) is 4.79 Å². The molecule has 3 rings (SSSR count). The second-order valence-corrected chi connectivity index (χ2v) is 6.43. The monoisotopic (exact) mass is 371 g/mol. The van der Waals surface area contributed by atoms with Crippen LogP contribution >= 0.6 is 22.9 Å². The van der Waals surface area contributed by atoms with Gasteiger partial charge in [-0.25, -0.2) is 0 Å². The van der Waals surface area contributed by atoms with E-state index in [1.165, 1.54) is 17.4 Å². The fraction of sp³-hybridized carbons (Fsp3) is 0.0556. The van der Waals surface area contributed by atoms with Crippen molar-refractivity contribution >= 4 is 40.1 Å². The van der Waals surface area contributed by atoms with Gasteiger partial charge in [0.25, 0.3) is 0 Å². The molecule has 0 fully saturated rings. The first kappa shape index (κ1) is 17.1. The molecule has 7 heteroatoms. The number of nitrogens with one attached hydrogen (secondary N) is 1. The van der Waals surface area contributed by atoms with Crippen LogP contribution in [0.4, 0.5) is 5.13 Å². The molecule has 2 aromatic carbocycles. The van der Waals surface area contributed by atoms with E-state index in [1.54, 1.807) is 25.3 Å². The molecule has 0 aliphatic rings. The summed E-state index contributed by atoms with van der Waals surface area (Å²) in [5, 5.41) is 12.6. The predicted molar refractivity (Wildman–Crippen MR) is 101 cm³/mol. The molecule has 0 spiro atoms. The third kappa shape index (κ3) is 4.65. The highest BCUT2D eigenvalue weighted by Crippen LogP contribution is 2.27. The van der Waals surface area contributed by atoms with Gasteiger partial charge in [0, 0.05) is 16.7 Å². The smallest absolute Gasteiger partial charge is 0.250 e. The minimum absolute atomic E-state index is 0.271. The van der Waals surface area contributed by atoms with Crippen LogP contribution < -0.4 is 10.1 Å². The van der Waals surface area contributed by atoms with Gasteiger partial charge in [-0.15, -0.1) is 10.2 Å². The zero-order chi connectivity index (χ0) is 17.6. The van der Waals surface area contributed by atoms with Crippen LogP contribution in [0.1, 0.15) is 5.56 Å². The van der Waals surface area contributed by atoms with Crippen molar-refractivity contribution in [2.24, 2.45) is 0 Å². The summed E-state index contributed by atoms with van der Waals surface area (Å²) in [6, 6.07) is 14.7. The zero-order valence-electron chi connectivity index (χ0n) is 13.3. The summed E-state index contributed by atoms with van der Waals surface area (Å²) in [5.74, 6) is 0.501. The van der Waals surface area contributed by atoms with Gasteiger partial charge in [0.05, 0.1) is 7.11 Å². The number of hydrogen-bond donors (Lipinski definition) is 1. The highest BCUT2D eigenvalue weighted by atomic mass is 35.5. The molecule has 0 bridgehead atoms. The van der Waals surface area contributed by atoms with Gasteiger partial charge < -0.3 is 4.74 Å². The highest BCUT2D eigenvalue weighted by molar-refractivity contribution is 7.18. The van der Waals surface area contributed by atoms with Gasteiger partial charge in [0.1, 0.15) is 10.8 Å². The van der Waals surface area contributed by atoms with Gasteiger partial charge in [-0.1, -0.05) is 35.1 Å². The Labute approximate surface area is 153 Å². The topological polar surface area (TPSA) is 64.1 Å². The van der Waals surface area contributed by atoms with Crippen molar-refractivity contribution in [3.63, 3.8) is 0 Å². The Balaban J connectivity index is 1.64. The predicted octanol–water partition coefficient (Wildman–Crippen LogP) is 4.52. The first-order valence-electron chi connectivity index (χ1n) is 7.36. The molecule has 25 heavy (non-hydrogen) atoms. The third-order valence-electron chi connectivity index (χ3n) is 3.29. The number of amides is 1. The Bertz CT molecular complexity index is 889. The number of methoxy groups -OCH3 is 1. The molecule has 0 radical (unpaired) electrons. The molecule has 126 valence electrons. The van der Waals surface area contributed by atoms with Crippen LogP contribution in [0.2, 0.25) is 5.02 Å². The lowest BCUT2D eigenvalue weighted by molar-refractivity contribution is -0.111. The molecule has 0 unspecified atom stereocenters. The standard InChI is InChI=1S/C18H14ClN3O2S/c1-24-15-9-5-13(6-10-15)17-21-22-18(25-17)20-16(23)11-4-12-2-7-14(19)8-3-12/h2-11H,1H3,(H,20,22,23)/b11-4+. The molecule has 5 nitrogen and oxygen atoms in total. The maximum atomic E-state index is 12.0. The Hall–Kier alpha value is -2.70. The minimum atomic E-state index is -0.271. The molecule has 1 amide bonds. The van der Waals surface area contributed by atoms with E-state index in [9.17, 15) is 4.79 Å². The van der Waals surface area contributed by atoms with Crippen molar-refractivity contribution in [3.05, 3.63) is 65.2 Å². The molecule has 0 aliphatic carbocycles. The number of ether oxygens (including phenoxy) is 1. The number of hydrogen-bond acceptors (Lipinski definition) is 5. The van der Waals surface area contributed by atoms with E-state index in [1.807, 2.05) is 36.4 Å². The van der Waals surface area contributed by atoms with E-state index in [2.05, 4.69) is 15.5 Å². The van der Waals surface area contributed by atoms with Crippen LogP contribution in [0.5, 0.6) is 5.75 Å². The molecular weight excluding hydrogens is 358 g/mol. The molecular formula is C18H14ClN3O2S. The number of halogens is 1. The molecule has 0 atom stereocenters. The van der Waals surface area contributed by atoms with Gasteiger partial charge in [-0.3, -0.25) is 10.1 Å². The zero-order valence-corrected chi connectivity index (χ0v) is 14.8. The average molecular weight is 372 g/mol. The van der Waals surface area contributed by atoms with Crippen LogP contribution in [-0.4, -0.2) is 23.2 Å². The Morgan fingerprint density at radius 2 is 1.84 bits per heavy atom. The van der Waals surface area contributed by atoms with E-state index in [4.69, 9.17) is 16.3 Å². The number of benzene rings is 2. The van der Waals surface area contributed by atoms with Gasteiger partial charge in [0.2, 0.25) is 11.0 Å². The number of carbonyl (C=O) groups is 1. The first-order valence-corrected chi connectivity index (χ1v) is 8.56. The number of aromatic nitrogens is 2. The van der Waals surface area contributed by atoms with Crippen LogP contribution in [0, 0.1) is 0 Å². The van der Waals surface area contributed by atoms with Crippen LogP contribution in [0.3, 0.4) is 0 Å². The Kier molecular flexibility index (Phi) is 5.42. The summed E-state index contributed by atoms with van der Waals surface area (Å²) in [6.45, 7) is 0. The normalized spacial score (nSPS) is 10.8. The third-order valence-corrected chi connectivity index (χ3v) is 4.43. The Morgan fingerprint density at radius 1 is 1.12 bits per heavy atom. The molecule has 0 saturated carbocycles. The molecule has 1 N–H and O–H groups in total. The molecule has 1 aromatic heterocycles. The van der Waals surface area contributed by atoms with Crippen molar-refractivity contribution in [1.29, 1.82) is 0 Å². The second-order valence-electron chi connectivity index (χ2n) is 5.02. The SMILES string of the molecule is COc1ccc(-c2nnc(NC(=O)/C=C/c3ccc(Cl)cc3)s2)cc1. The van der Waals surface area contributed by atoms with Gasteiger partial charge in [0.15, 0.2) is 0 Å². The van der Waals surface area contributed by atoms with Crippen LogP contribution in [0.25, 0.3) is 16.6 Å². The van der Waals surface area contributed by atoms with Crippen molar-refractivity contribution in [3.8, 4) is 16.3 Å². The van der Waals surface area contributed by atoms with Crippen molar-refractivity contribution < 1.29 is 9.53 Å². The summed E-state index contributed by atoms with van der Waals surface area (Å²) in [5.41, 5.74) is 1.80. The average Bonchev–Trinajstić information content (AvgIpc) is 3.10. The molecule has 0 saturated heterocycles. The summed E-state index contributed by atoms with van der Waals surface area (Å²) < 4.78 is 5.13. The lowest BCUT2D eigenvalue weighted by atomic mass is 10.2. The van der Waals surface area contributed by atoms with Gasteiger partial charge in [-0.05, 0) is 48.0 Å². The summed E-state index contributed by atoms with van der Waals surface area (Å²) in [6.07, 6.45) is 3.15. The van der Waals surface area contributed by atoms with Gasteiger partial charge >= 0.3 is 0 Å². The lowest BCUT2D eigenvalue weighted by Crippen LogP contribution is -2.07. The Morgan fingerprint density at radius 3 is 2.52 bits per heavy atom. The van der Waals surface area contributed by atoms with E-state index >= 15 is 0 Å². The van der Waals surface area contributed by atoms with Crippen molar-refractivity contribution in [1.82, 2.24) is 10.2 Å². The van der Waals surface area contributed by atoms with E-state index in [0.717, 1.165) is 21.9 Å². The largest absolute Gasteiger partial charge is 0.497 e. The maximum absolute atomic E-state index is 12.0. The van der Waals surface area contributed by atoms with Gasteiger partial charge in [-0.2, -0.15) is 0 Å². The summed E-state index contributed by atoms with van der Waals surface area (Å²) >= 11 is 7.13.